The van der Waals surface area contributed by atoms with Gasteiger partial charge in [-0.1, -0.05) is 0 Å². The van der Waals surface area contributed by atoms with E-state index >= 15 is 0 Å². The smallest absolute Gasteiger partial charge is 0.317 e. The zero-order valence-electron chi connectivity index (χ0n) is 11.4. The quantitative estimate of drug-likeness (QED) is 0.729. The van der Waals surface area contributed by atoms with E-state index < -0.39 is 0 Å². The Kier molecular flexibility index (Phi) is 3.00. The van der Waals surface area contributed by atoms with Gasteiger partial charge in [0.05, 0.1) is 6.04 Å². The van der Waals surface area contributed by atoms with Gasteiger partial charge in [0.2, 0.25) is 0 Å². The summed E-state index contributed by atoms with van der Waals surface area (Å²) in [5.41, 5.74) is 7.95. The Hall–Kier alpha value is -2.24. The topological polar surface area (TPSA) is 78.7 Å². The summed E-state index contributed by atoms with van der Waals surface area (Å²) in [7, 11) is 0. The van der Waals surface area contributed by atoms with Crippen LogP contribution in [0.1, 0.15) is 15.9 Å². The first-order chi connectivity index (χ1) is 9.56. The van der Waals surface area contributed by atoms with Crippen molar-refractivity contribution >= 4 is 17.6 Å². The lowest BCUT2D eigenvalue weighted by atomic mass is 10.1. The summed E-state index contributed by atoms with van der Waals surface area (Å²) in [6.07, 6.45) is 0. The van der Waals surface area contributed by atoms with Crippen LogP contribution < -0.4 is 11.1 Å². The fourth-order valence-corrected chi connectivity index (χ4v) is 2.89. The molecule has 3 rings (SSSR count). The largest absolute Gasteiger partial charge is 0.399 e. The van der Waals surface area contributed by atoms with Gasteiger partial charge in [0, 0.05) is 37.4 Å². The summed E-state index contributed by atoms with van der Waals surface area (Å²) in [6, 6.07) is 5.40. The molecule has 1 aromatic carbocycles. The van der Waals surface area contributed by atoms with Gasteiger partial charge < -0.3 is 20.9 Å². The number of piperazine rings is 1. The van der Waals surface area contributed by atoms with E-state index in [0.717, 1.165) is 5.56 Å². The van der Waals surface area contributed by atoms with Crippen molar-refractivity contribution in [3.63, 3.8) is 0 Å². The number of carbonyl (C=O) groups is 2. The van der Waals surface area contributed by atoms with Crippen LogP contribution in [0.3, 0.4) is 0 Å². The van der Waals surface area contributed by atoms with Gasteiger partial charge >= 0.3 is 6.03 Å². The van der Waals surface area contributed by atoms with Crippen molar-refractivity contribution in [3.8, 4) is 0 Å². The second-order valence-corrected chi connectivity index (χ2v) is 5.36. The Balaban J connectivity index is 1.77. The highest BCUT2D eigenvalue weighted by Crippen LogP contribution is 2.19. The number of amides is 3. The molecule has 2 aliphatic rings. The maximum absolute atomic E-state index is 12.6. The standard InChI is InChI=1S/C14H18N4O2/c1-9-6-10(15)2-3-12(9)13(19)17-4-5-18-11(8-17)7-16-14(18)20/h2-3,6,11H,4-5,7-8,15H2,1H3,(H,16,20). The van der Waals surface area contributed by atoms with Crippen LogP contribution in [0.25, 0.3) is 0 Å². The Bertz CT molecular complexity index is 572. The number of rotatable bonds is 1. The molecule has 3 amide bonds. The highest BCUT2D eigenvalue weighted by molar-refractivity contribution is 5.96. The van der Waals surface area contributed by atoms with Gasteiger partial charge in [-0.05, 0) is 30.7 Å². The maximum Gasteiger partial charge on any atom is 0.317 e. The van der Waals surface area contributed by atoms with E-state index in [4.69, 9.17) is 5.73 Å². The number of nitrogens with two attached hydrogens (primary N) is 1. The number of nitrogens with one attached hydrogen (secondary N) is 1. The Labute approximate surface area is 117 Å². The molecule has 0 bridgehead atoms. The van der Waals surface area contributed by atoms with Crippen molar-refractivity contribution < 1.29 is 9.59 Å². The number of aryl methyl sites for hydroxylation is 1. The first kappa shape index (κ1) is 12.8. The van der Waals surface area contributed by atoms with Crippen molar-refractivity contribution in [2.24, 2.45) is 0 Å². The number of nitrogen functional groups attached to an aromatic ring is 1. The molecular weight excluding hydrogens is 256 g/mol. The molecule has 106 valence electrons. The molecule has 2 aliphatic heterocycles. The molecule has 2 fully saturated rings. The molecule has 0 saturated carbocycles. The third-order valence-electron chi connectivity index (χ3n) is 4.00. The predicted molar refractivity (Wildman–Crippen MR) is 75.4 cm³/mol. The second-order valence-electron chi connectivity index (χ2n) is 5.36. The lowest BCUT2D eigenvalue weighted by Gasteiger charge is -2.36. The molecule has 6 heteroatoms. The predicted octanol–water partition coefficient (Wildman–Crippen LogP) is 0.427. The van der Waals surface area contributed by atoms with Crippen molar-refractivity contribution in [2.45, 2.75) is 13.0 Å². The van der Waals surface area contributed by atoms with Crippen molar-refractivity contribution in [1.82, 2.24) is 15.1 Å². The highest BCUT2D eigenvalue weighted by atomic mass is 16.2. The van der Waals surface area contributed by atoms with E-state index in [1.165, 1.54) is 0 Å². The van der Waals surface area contributed by atoms with Gasteiger partial charge in [-0.2, -0.15) is 0 Å². The summed E-state index contributed by atoms with van der Waals surface area (Å²) in [5.74, 6) is 0.0153. The molecule has 1 atom stereocenters. The minimum absolute atomic E-state index is 0.0153. The molecule has 1 aromatic rings. The summed E-state index contributed by atoms with van der Waals surface area (Å²) >= 11 is 0. The Morgan fingerprint density at radius 2 is 2.20 bits per heavy atom. The van der Waals surface area contributed by atoms with E-state index in [1.807, 2.05) is 17.9 Å². The summed E-state index contributed by atoms with van der Waals surface area (Å²) < 4.78 is 0. The van der Waals surface area contributed by atoms with Gasteiger partial charge in [-0.3, -0.25) is 4.79 Å². The summed E-state index contributed by atoms with van der Waals surface area (Å²) in [4.78, 5) is 27.7. The van der Waals surface area contributed by atoms with Gasteiger partial charge in [0.1, 0.15) is 0 Å². The Morgan fingerprint density at radius 1 is 1.40 bits per heavy atom. The number of hydrogen-bond donors (Lipinski definition) is 2. The van der Waals surface area contributed by atoms with Crippen LogP contribution in [0.2, 0.25) is 0 Å². The normalized spacial score (nSPS) is 21.6. The number of urea groups is 1. The number of benzene rings is 1. The van der Waals surface area contributed by atoms with E-state index in [1.54, 1.807) is 17.0 Å². The molecule has 0 spiro atoms. The van der Waals surface area contributed by atoms with Crippen LogP contribution in [0.4, 0.5) is 10.5 Å². The van der Waals surface area contributed by atoms with Crippen LogP contribution in [-0.2, 0) is 0 Å². The van der Waals surface area contributed by atoms with E-state index in [0.29, 0.717) is 37.4 Å². The molecule has 0 radical (unpaired) electrons. The third-order valence-corrected chi connectivity index (χ3v) is 4.00. The lowest BCUT2D eigenvalue weighted by molar-refractivity contribution is 0.0616. The number of anilines is 1. The fourth-order valence-electron chi connectivity index (χ4n) is 2.89. The van der Waals surface area contributed by atoms with Crippen LogP contribution in [0.15, 0.2) is 18.2 Å². The number of carbonyl (C=O) groups excluding carboxylic acids is 2. The van der Waals surface area contributed by atoms with Crippen LogP contribution >= 0.6 is 0 Å². The van der Waals surface area contributed by atoms with E-state index in [9.17, 15) is 9.59 Å². The summed E-state index contributed by atoms with van der Waals surface area (Å²) in [5, 5.41) is 2.81. The van der Waals surface area contributed by atoms with Crippen molar-refractivity contribution in [3.05, 3.63) is 29.3 Å². The van der Waals surface area contributed by atoms with Crippen LogP contribution in [0, 0.1) is 6.92 Å². The van der Waals surface area contributed by atoms with Crippen LogP contribution in [0.5, 0.6) is 0 Å². The average molecular weight is 274 g/mol. The molecule has 0 aromatic heterocycles. The SMILES string of the molecule is Cc1cc(N)ccc1C(=O)N1CCN2C(=O)NCC2C1. The zero-order valence-corrected chi connectivity index (χ0v) is 11.4. The first-order valence-corrected chi connectivity index (χ1v) is 6.76. The van der Waals surface area contributed by atoms with Gasteiger partial charge in [0.15, 0.2) is 0 Å². The van der Waals surface area contributed by atoms with E-state index in [2.05, 4.69) is 5.32 Å². The lowest BCUT2D eigenvalue weighted by Crippen LogP contribution is -2.53. The van der Waals surface area contributed by atoms with Gasteiger partial charge in [-0.15, -0.1) is 0 Å². The minimum atomic E-state index is -0.0224. The van der Waals surface area contributed by atoms with Crippen molar-refractivity contribution in [2.75, 3.05) is 31.9 Å². The molecular formula is C14H18N4O2. The van der Waals surface area contributed by atoms with Gasteiger partial charge in [0.25, 0.3) is 5.91 Å². The Morgan fingerprint density at radius 3 is 2.95 bits per heavy atom. The van der Waals surface area contributed by atoms with Gasteiger partial charge in [-0.25, -0.2) is 4.79 Å². The third kappa shape index (κ3) is 2.07. The monoisotopic (exact) mass is 274 g/mol. The average Bonchev–Trinajstić information content (AvgIpc) is 2.79. The molecule has 2 saturated heterocycles. The fraction of sp³-hybridized carbons (Fsp3) is 0.429. The highest BCUT2D eigenvalue weighted by Gasteiger charge is 2.37. The van der Waals surface area contributed by atoms with Crippen LogP contribution in [-0.4, -0.2) is 54.0 Å². The zero-order chi connectivity index (χ0) is 14.3. The molecule has 2 heterocycles. The molecule has 20 heavy (non-hydrogen) atoms. The maximum atomic E-state index is 12.6. The summed E-state index contributed by atoms with van der Waals surface area (Å²) in [6.45, 7) is 4.26. The number of hydrogen-bond acceptors (Lipinski definition) is 3. The van der Waals surface area contributed by atoms with Crippen molar-refractivity contribution in [1.29, 1.82) is 0 Å². The minimum Gasteiger partial charge on any atom is -0.399 e. The number of nitrogens with zero attached hydrogens (tertiary/aromatic N) is 2. The van der Waals surface area contributed by atoms with E-state index in [-0.39, 0.29) is 18.0 Å². The molecule has 6 nitrogen and oxygen atoms in total. The first-order valence-electron chi connectivity index (χ1n) is 6.76. The molecule has 3 N–H and O–H groups in total. The molecule has 1 unspecified atom stereocenters. The number of fused-ring (bicyclic) bond motifs is 1. The second kappa shape index (κ2) is 4.70. The molecule has 0 aliphatic carbocycles.